The number of rotatable bonds is 5. The van der Waals surface area contributed by atoms with Crippen LogP contribution in [0.5, 0.6) is 17.2 Å². The van der Waals surface area contributed by atoms with Gasteiger partial charge in [0.05, 0.1) is 21.3 Å². The van der Waals surface area contributed by atoms with Gasteiger partial charge in [0.2, 0.25) is 11.7 Å². The van der Waals surface area contributed by atoms with E-state index in [0.717, 1.165) is 5.70 Å². The van der Waals surface area contributed by atoms with E-state index in [2.05, 4.69) is 19.2 Å². The Labute approximate surface area is 202 Å². The summed E-state index contributed by atoms with van der Waals surface area (Å²) < 4.78 is 33.0. The minimum atomic E-state index is -0.727. The van der Waals surface area contributed by atoms with Crippen LogP contribution in [-0.4, -0.2) is 41.9 Å². The highest BCUT2D eigenvalue weighted by molar-refractivity contribution is 6.00. The number of methoxy groups -OCH3 is 3. The van der Waals surface area contributed by atoms with Crippen molar-refractivity contribution in [2.75, 3.05) is 26.6 Å². The molecular weight excluding hydrogens is 451 g/mol. The minimum absolute atomic E-state index is 0.0208. The second kappa shape index (κ2) is 8.41. The smallest absolute Gasteiger partial charge is 0.226 e. The van der Waals surface area contributed by atoms with Crippen LogP contribution in [0.2, 0.25) is 0 Å². The molecule has 0 saturated heterocycles. The van der Waals surface area contributed by atoms with Crippen molar-refractivity contribution in [2.45, 2.75) is 32.7 Å². The van der Waals surface area contributed by atoms with E-state index in [9.17, 15) is 4.79 Å². The molecule has 0 spiro atoms. The Hall–Kier alpha value is -3.88. The molecule has 0 fully saturated rings. The van der Waals surface area contributed by atoms with E-state index >= 15 is 4.39 Å². The molecule has 1 atom stereocenters. The summed E-state index contributed by atoms with van der Waals surface area (Å²) in [4.78, 5) is 18.1. The molecule has 1 aromatic heterocycles. The number of ketones is 1. The monoisotopic (exact) mass is 478 g/mol. The van der Waals surface area contributed by atoms with Crippen LogP contribution in [0.1, 0.15) is 38.3 Å². The Morgan fingerprint density at radius 1 is 1.06 bits per heavy atom. The van der Waals surface area contributed by atoms with E-state index in [1.807, 2.05) is 0 Å². The first-order valence-electron chi connectivity index (χ1n) is 11.3. The number of halogens is 1. The zero-order chi connectivity index (χ0) is 24.9. The molecule has 5 rings (SSSR count). The number of anilines is 1. The molecule has 8 nitrogen and oxygen atoms in total. The van der Waals surface area contributed by atoms with Crippen molar-refractivity contribution in [1.29, 1.82) is 0 Å². The molecule has 9 heteroatoms. The molecule has 2 heterocycles. The first kappa shape index (κ1) is 22.9. The number of ether oxygens (including phenoxy) is 3. The number of aromatic nitrogens is 3. The normalized spacial score (nSPS) is 18.5. The molecule has 2 aromatic carbocycles. The van der Waals surface area contributed by atoms with Crippen molar-refractivity contribution < 1.29 is 23.4 Å². The second-order valence-electron chi connectivity index (χ2n) is 9.50. The lowest BCUT2D eigenvalue weighted by atomic mass is 9.73. The third-order valence-electron chi connectivity index (χ3n) is 6.45. The Kier molecular flexibility index (Phi) is 5.50. The summed E-state index contributed by atoms with van der Waals surface area (Å²) in [7, 11) is 4.60. The van der Waals surface area contributed by atoms with Crippen LogP contribution in [0, 0.1) is 11.2 Å². The largest absolute Gasteiger partial charge is 0.493 e. The van der Waals surface area contributed by atoms with E-state index in [0.29, 0.717) is 58.6 Å². The summed E-state index contributed by atoms with van der Waals surface area (Å²) >= 11 is 0. The first-order chi connectivity index (χ1) is 16.8. The molecule has 0 amide bonds. The average Bonchev–Trinajstić information content (AvgIpc) is 3.25. The van der Waals surface area contributed by atoms with Gasteiger partial charge in [-0.15, -0.1) is 5.10 Å². The van der Waals surface area contributed by atoms with Crippen molar-refractivity contribution in [3.63, 3.8) is 0 Å². The molecule has 2 aliphatic rings. The van der Waals surface area contributed by atoms with Gasteiger partial charge >= 0.3 is 0 Å². The van der Waals surface area contributed by atoms with Gasteiger partial charge in [-0.2, -0.15) is 4.98 Å². The average molecular weight is 479 g/mol. The number of hydrogen-bond donors (Lipinski definition) is 1. The molecule has 1 unspecified atom stereocenters. The lowest BCUT2D eigenvalue weighted by Gasteiger charge is -2.38. The Balaban J connectivity index is 1.69. The minimum Gasteiger partial charge on any atom is -0.493 e. The summed E-state index contributed by atoms with van der Waals surface area (Å²) in [6.45, 7) is 4.10. The summed E-state index contributed by atoms with van der Waals surface area (Å²) in [5, 5.41) is 8.04. The lowest BCUT2D eigenvalue weighted by molar-refractivity contribution is -0.118. The fourth-order valence-corrected chi connectivity index (χ4v) is 4.93. The lowest BCUT2D eigenvalue weighted by Crippen LogP contribution is -2.36. The van der Waals surface area contributed by atoms with Gasteiger partial charge < -0.3 is 19.5 Å². The van der Waals surface area contributed by atoms with E-state index in [1.54, 1.807) is 35.0 Å². The number of nitrogens with one attached hydrogen (secondary N) is 1. The highest BCUT2D eigenvalue weighted by atomic mass is 19.1. The van der Waals surface area contributed by atoms with Gasteiger partial charge in [0.1, 0.15) is 11.9 Å². The summed E-state index contributed by atoms with van der Waals surface area (Å²) in [6.07, 6.45) is 1.02. The maximum atomic E-state index is 15.1. The van der Waals surface area contributed by atoms with E-state index < -0.39 is 11.9 Å². The van der Waals surface area contributed by atoms with E-state index in [-0.39, 0.29) is 11.2 Å². The van der Waals surface area contributed by atoms with Gasteiger partial charge in [-0.25, -0.2) is 9.07 Å². The number of hydrogen-bond acceptors (Lipinski definition) is 7. The van der Waals surface area contributed by atoms with Crippen LogP contribution >= 0.6 is 0 Å². The van der Waals surface area contributed by atoms with Gasteiger partial charge in [-0.05, 0) is 30.0 Å². The molecule has 3 aromatic rings. The highest BCUT2D eigenvalue weighted by Crippen LogP contribution is 2.47. The molecule has 0 bridgehead atoms. The molecule has 1 N–H and O–H groups in total. The number of Topliss-reactive ketones (excluding diaryl/α,β-unsaturated/α-hetero) is 1. The summed E-state index contributed by atoms with van der Waals surface area (Å²) in [6, 6.07) is 9.25. The fourth-order valence-electron chi connectivity index (χ4n) is 4.93. The zero-order valence-corrected chi connectivity index (χ0v) is 20.3. The number of fused-ring (bicyclic) bond motifs is 1. The number of allylic oxidation sites excluding steroid dienone is 2. The van der Waals surface area contributed by atoms with E-state index in [1.165, 1.54) is 27.4 Å². The topological polar surface area (TPSA) is 87.5 Å². The third kappa shape index (κ3) is 3.80. The van der Waals surface area contributed by atoms with Gasteiger partial charge in [0.15, 0.2) is 23.1 Å². The maximum absolute atomic E-state index is 15.1. The first-order valence-corrected chi connectivity index (χ1v) is 11.3. The van der Waals surface area contributed by atoms with Crippen molar-refractivity contribution in [2.24, 2.45) is 5.41 Å². The number of benzene rings is 2. The Morgan fingerprint density at radius 3 is 2.37 bits per heavy atom. The quantitative estimate of drug-likeness (QED) is 0.565. The van der Waals surface area contributed by atoms with Gasteiger partial charge in [-0.3, -0.25) is 4.79 Å². The van der Waals surface area contributed by atoms with E-state index in [4.69, 9.17) is 24.3 Å². The number of carbonyl (C=O) groups is 1. The van der Waals surface area contributed by atoms with Crippen LogP contribution in [0.3, 0.4) is 0 Å². The Bertz CT molecular complexity index is 1340. The molecule has 182 valence electrons. The summed E-state index contributed by atoms with van der Waals surface area (Å²) in [5.74, 6) is 1.76. The molecule has 0 radical (unpaired) electrons. The third-order valence-corrected chi connectivity index (χ3v) is 6.45. The molecule has 35 heavy (non-hydrogen) atoms. The van der Waals surface area contributed by atoms with Crippen molar-refractivity contribution >= 4 is 11.7 Å². The Morgan fingerprint density at radius 2 is 1.74 bits per heavy atom. The number of carbonyl (C=O) groups excluding carboxylic acids is 1. The fraction of sp³-hybridized carbons (Fsp3) is 0.346. The van der Waals surface area contributed by atoms with Crippen LogP contribution in [0.25, 0.3) is 11.4 Å². The van der Waals surface area contributed by atoms with Gasteiger partial charge in [-0.1, -0.05) is 32.0 Å². The molecular formula is C26H27FN4O4. The van der Waals surface area contributed by atoms with Crippen molar-refractivity contribution in [1.82, 2.24) is 14.8 Å². The second-order valence-corrected chi connectivity index (χ2v) is 9.50. The number of nitrogens with zero attached hydrogens (tertiary/aromatic N) is 3. The molecule has 1 aliphatic carbocycles. The predicted molar refractivity (Wildman–Crippen MR) is 128 cm³/mol. The summed E-state index contributed by atoms with van der Waals surface area (Å²) in [5.41, 5.74) is 2.07. The van der Waals surface area contributed by atoms with Crippen LogP contribution in [-0.2, 0) is 4.79 Å². The van der Waals surface area contributed by atoms with Crippen molar-refractivity contribution in [3.05, 3.63) is 59.0 Å². The van der Waals surface area contributed by atoms with Crippen LogP contribution in [0.15, 0.2) is 47.7 Å². The maximum Gasteiger partial charge on any atom is 0.226 e. The van der Waals surface area contributed by atoms with Gasteiger partial charge in [0, 0.05) is 28.8 Å². The van der Waals surface area contributed by atoms with Crippen molar-refractivity contribution in [3.8, 4) is 28.6 Å². The zero-order valence-electron chi connectivity index (χ0n) is 20.3. The SMILES string of the molecule is COc1cc(-c2nc3n(n2)C(c2ccccc2F)C2=C(CC(C)(C)CC2=O)N3)cc(OC)c1OC. The predicted octanol–water partition coefficient (Wildman–Crippen LogP) is 4.77. The standard InChI is InChI=1S/C26H27FN4O4/c1-26(2)12-17-21(18(32)13-26)22(15-8-6-7-9-16(15)27)31-25(28-17)29-24(30-31)14-10-19(33-3)23(35-5)20(11-14)34-4/h6-11,22H,12-13H2,1-5H3,(H,28,29,30). The van der Waals surface area contributed by atoms with Gasteiger partial charge in [0.25, 0.3) is 0 Å². The van der Waals surface area contributed by atoms with Crippen LogP contribution in [0.4, 0.5) is 10.3 Å². The van der Waals surface area contributed by atoms with Crippen LogP contribution < -0.4 is 19.5 Å². The molecule has 0 saturated carbocycles. The highest BCUT2D eigenvalue weighted by Gasteiger charge is 2.42. The molecule has 1 aliphatic heterocycles.